The second kappa shape index (κ2) is 5.89. The summed E-state index contributed by atoms with van der Waals surface area (Å²) in [4.78, 5) is 0. The number of fused-ring (bicyclic) bond motifs is 1. The van der Waals surface area contributed by atoms with E-state index in [1.165, 1.54) is 0 Å². The van der Waals surface area contributed by atoms with Crippen molar-refractivity contribution in [3.8, 4) is 11.5 Å². The van der Waals surface area contributed by atoms with Gasteiger partial charge >= 0.3 is 0 Å². The lowest BCUT2D eigenvalue weighted by Gasteiger charge is -2.20. The molecule has 1 aromatic carbocycles. The van der Waals surface area contributed by atoms with E-state index in [1.807, 2.05) is 12.1 Å². The third kappa shape index (κ3) is 3.47. The Balaban J connectivity index is 2.08. The van der Waals surface area contributed by atoms with E-state index in [9.17, 15) is 0 Å². The summed E-state index contributed by atoms with van der Waals surface area (Å²) in [6.45, 7) is 6.49. The third-order valence-electron chi connectivity index (χ3n) is 2.30. The van der Waals surface area contributed by atoms with E-state index in [2.05, 4.69) is 43.8 Å². The zero-order valence-corrected chi connectivity index (χ0v) is 12.4. The Kier molecular flexibility index (Phi) is 4.48. The number of hydrogen-bond donors (Lipinski definition) is 1. The molecule has 0 unspecified atom stereocenters. The molecule has 0 aliphatic carbocycles. The smallest absolute Gasteiger partial charge is 0.175 e. The monoisotopic (exact) mass is 361 g/mol. The average Bonchev–Trinajstić information content (AvgIpc) is 2.28. The van der Waals surface area contributed by atoms with Crippen LogP contribution in [-0.4, -0.2) is 19.8 Å². The van der Waals surface area contributed by atoms with Crippen LogP contribution in [0.3, 0.4) is 0 Å². The molecule has 1 aliphatic heterocycles. The first-order valence-electron chi connectivity index (χ1n) is 5.29. The molecule has 0 fully saturated rings. The van der Waals surface area contributed by atoms with Gasteiger partial charge < -0.3 is 14.8 Å². The Labute approximate surface area is 117 Å². The minimum atomic E-state index is 0.604. The summed E-state index contributed by atoms with van der Waals surface area (Å²) in [5, 5.41) is 3.27. The molecular formula is C12H13Br2NO2. The van der Waals surface area contributed by atoms with Crippen molar-refractivity contribution in [2.24, 2.45) is 0 Å². The van der Waals surface area contributed by atoms with Gasteiger partial charge in [0.2, 0.25) is 0 Å². The van der Waals surface area contributed by atoms with Gasteiger partial charge in [0.25, 0.3) is 0 Å². The summed E-state index contributed by atoms with van der Waals surface area (Å²) < 4.78 is 13.0. The van der Waals surface area contributed by atoms with Gasteiger partial charge in [0.1, 0.15) is 13.2 Å². The molecule has 17 heavy (non-hydrogen) atoms. The van der Waals surface area contributed by atoms with Crippen LogP contribution in [0.4, 0.5) is 0 Å². The SMILES string of the molecule is C=C(Br)CNCc1cc(Br)c2c(c1)OCCO2. The molecule has 0 spiro atoms. The van der Waals surface area contributed by atoms with Gasteiger partial charge in [-0.05, 0) is 33.6 Å². The topological polar surface area (TPSA) is 30.5 Å². The molecule has 0 radical (unpaired) electrons. The zero-order valence-electron chi connectivity index (χ0n) is 9.26. The Morgan fingerprint density at radius 2 is 2.12 bits per heavy atom. The van der Waals surface area contributed by atoms with Crippen molar-refractivity contribution in [3.05, 3.63) is 33.2 Å². The van der Waals surface area contributed by atoms with Gasteiger partial charge in [0, 0.05) is 17.6 Å². The molecule has 0 amide bonds. The van der Waals surface area contributed by atoms with Crippen molar-refractivity contribution in [1.29, 1.82) is 0 Å². The maximum absolute atomic E-state index is 5.56. The van der Waals surface area contributed by atoms with E-state index >= 15 is 0 Å². The van der Waals surface area contributed by atoms with Crippen molar-refractivity contribution in [1.82, 2.24) is 5.32 Å². The molecule has 1 aromatic rings. The van der Waals surface area contributed by atoms with Crippen molar-refractivity contribution >= 4 is 31.9 Å². The molecule has 1 heterocycles. The van der Waals surface area contributed by atoms with Crippen LogP contribution < -0.4 is 14.8 Å². The van der Waals surface area contributed by atoms with Crippen molar-refractivity contribution in [2.45, 2.75) is 6.54 Å². The normalized spacial score (nSPS) is 13.5. The zero-order chi connectivity index (χ0) is 12.3. The van der Waals surface area contributed by atoms with Crippen LogP contribution in [0.2, 0.25) is 0 Å². The highest BCUT2D eigenvalue weighted by Gasteiger charge is 2.15. The molecule has 3 nitrogen and oxygen atoms in total. The minimum Gasteiger partial charge on any atom is -0.486 e. The van der Waals surface area contributed by atoms with E-state index in [0.717, 1.165) is 39.1 Å². The predicted molar refractivity (Wildman–Crippen MR) is 74.9 cm³/mol. The molecular weight excluding hydrogens is 350 g/mol. The van der Waals surface area contributed by atoms with Gasteiger partial charge in [-0.15, -0.1) is 0 Å². The predicted octanol–water partition coefficient (Wildman–Crippen LogP) is 3.22. The van der Waals surface area contributed by atoms with Gasteiger partial charge in [-0.2, -0.15) is 0 Å². The van der Waals surface area contributed by atoms with Gasteiger partial charge in [-0.3, -0.25) is 0 Å². The second-order valence-corrected chi connectivity index (χ2v) is 5.70. The maximum atomic E-state index is 5.56. The first-order valence-corrected chi connectivity index (χ1v) is 6.87. The highest BCUT2D eigenvalue weighted by atomic mass is 79.9. The summed E-state index contributed by atoms with van der Waals surface area (Å²) >= 11 is 6.81. The minimum absolute atomic E-state index is 0.604. The van der Waals surface area contributed by atoms with Crippen LogP contribution in [0.1, 0.15) is 5.56 Å². The summed E-state index contributed by atoms with van der Waals surface area (Å²) in [5.41, 5.74) is 1.15. The fourth-order valence-electron chi connectivity index (χ4n) is 1.61. The molecule has 92 valence electrons. The maximum Gasteiger partial charge on any atom is 0.175 e. The lowest BCUT2D eigenvalue weighted by Crippen LogP contribution is -2.17. The highest BCUT2D eigenvalue weighted by molar-refractivity contribution is 9.11. The first-order chi connectivity index (χ1) is 8.16. The first kappa shape index (κ1) is 12.9. The van der Waals surface area contributed by atoms with Crippen molar-refractivity contribution in [2.75, 3.05) is 19.8 Å². The fourth-order valence-corrected chi connectivity index (χ4v) is 2.41. The quantitative estimate of drug-likeness (QED) is 0.892. The fraction of sp³-hybridized carbons (Fsp3) is 0.333. The number of hydrogen-bond acceptors (Lipinski definition) is 3. The Morgan fingerprint density at radius 1 is 1.35 bits per heavy atom. The molecule has 0 bridgehead atoms. The second-order valence-electron chi connectivity index (χ2n) is 3.72. The van der Waals surface area contributed by atoms with Crippen LogP contribution in [0.5, 0.6) is 11.5 Å². The highest BCUT2D eigenvalue weighted by Crippen LogP contribution is 2.38. The summed E-state index contributed by atoms with van der Waals surface area (Å²) in [6.07, 6.45) is 0. The number of halogens is 2. The standard InChI is InChI=1S/C12H13Br2NO2/c1-8(13)6-15-7-9-4-10(14)12-11(5-9)16-2-3-17-12/h4-5,15H,1-3,6-7H2. The van der Waals surface area contributed by atoms with Gasteiger partial charge in [-0.25, -0.2) is 0 Å². The van der Waals surface area contributed by atoms with Gasteiger partial charge in [0.15, 0.2) is 11.5 Å². The van der Waals surface area contributed by atoms with Crippen LogP contribution in [-0.2, 0) is 6.54 Å². The Morgan fingerprint density at radius 3 is 2.88 bits per heavy atom. The van der Waals surface area contributed by atoms with Crippen LogP contribution in [0.25, 0.3) is 0 Å². The third-order valence-corrected chi connectivity index (χ3v) is 3.17. The van der Waals surface area contributed by atoms with Gasteiger partial charge in [0.05, 0.1) is 4.47 Å². The van der Waals surface area contributed by atoms with E-state index in [4.69, 9.17) is 9.47 Å². The molecule has 1 N–H and O–H groups in total. The molecule has 0 saturated carbocycles. The van der Waals surface area contributed by atoms with E-state index in [-0.39, 0.29) is 0 Å². The molecule has 5 heteroatoms. The number of rotatable bonds is 4. The number of nitrogens with one attached hydrogen (secondary N) is 1. The Bertz CT molecular complexity index is 435. The van der Waals surface area contributed by atoms with Crippen LogP contribution in [0.15, 0.2) is 27.7 Å². The van der Waals surface area contributed by atoms with Gasteiger partial charge in [-0.1, -0.05) is 22.5 Å². The van der Waals surface area contributed by atoms with Crippen LogP contribution >= 0.6 is 31.9 Å². The van der Waals surface area contributed by atoms with Crippen molar-refractivity contribution < 1.29 is 9.47 Å². The van der Waals surface area contributed by atoms with E-state index < -0.39 is 0 Å². The number of ether oxygens (including phenoxy) is 2. The summed E-state index contributed by atoms with van der Waals surface area (Å²) in [6, 6.07) is 4.04. The van der Waals surface area contributed by atoms with Crippen molar-refractivity contribution in [3.63, 3.8) is 0 Å². The lowest BCUT2D eigenvalue weighted by atomic mass is 10.2. The molecule has 1 aliphatic rings. The summed E-state index contributed by atoms with van der Waals surface area (Å²) in [7, 11) is 0. The molecule has 2 rings (SSSR count). The number of benzene rings is 1. The lowest BCUT2D eigenvalue weighted by molar-refractivity contribution is 0.170. The molecule has 0 aromatic heterocycles. The molecule has 0 saturated heterocycles. The van der Waals surface area contributed by atoms with E-state index in [1.54, 1.807) is 0 Å². The Hall–Kier alpha value is -0.520. The average molecular weight is 363 g/mol. The van der Waals surface area contributed by atoms with Crippen LogP contribution in [0, 0.1) is 0 Å². The largest absolute Gasteiger partial charge is 0.486 e. The molecule has 0 atom stereocenters. The van der Waals surface area contributed by atoms with E-state index in [0.29, 0.717) is 13.2 Å². The summed E-state index contributed by atoms with van der Waals surface area (Å²) in [5.74, 6) is 1.60.